The van der Waals surface area contributed by atoms with Gasteiger partial charge in [-0.05, 0) is 86.2 Å². The van der Waals surface area contributed by atoms with Crippen molar-refractivity contribution in [3.05, 3.63) is 72.3 Å². The quantitative estimate of drug-likeness (QED) is 0.0986. The van der Waals surface area contributed by atoms with Gasteiger partial charge in [-0.25, -0.2) is 23.1 Å². The van der Waals surface area contributed by atoms with Crippen LogP contribution in [-0.4, -0.2) is 79.0 Å². The van der Waals surface area contributed by atoms with Crippen LogP contribution in [0.5, 0.6) is 11.5 Å². The highest BCUT2D eigenvalue weighted by atomic mass is 32.2. The number of rotatable bonds is 18. The molecule has 14 heteroatoms. The molecule has 0 bridgehead atoms. The molecule has 5 rings (SSSR count). The fourth-order valence-corrected chi connectivity index (χ4v) is 8.97. The topological polar surface area (TPSA) is 144 Å². The maximum atomic E-state index is 14.9. The van der Waals surface area contributed by atoms with E-state index < -0.39 is 39.6 Å². The van der Waals surface area contributed by atoms with E-state index in [9.17, 15) is 22.8 Å². The van der Waals surface area contributed by atoms with Crippen LogP contribution in [0.25, 0.3) is 0 Å². The minimum Gasteiger partial charge on any atom is -0.497 e. The molecular formula is C42H54N4O8S2. The minimum absolute atomic E-state index is 0.00504. The predicted octanol–water partition coefficient (Wildman–Crippen LogP) is 8.71. The summed E-state index contributed by atoms with van der Waals surface area (Å²) in [5, 5.41) is 3.00. The lowest BCUT2D eigenvalue weighted by Crippen LogP contribution is -2.59. The number of amides is 3. The summed E-state index contributed by atoms with van der Waals surface area (Å²) in [6.45, 7) is 11.6. The molecule has 0 aliphatic carbocycles. The summed E-state index contributed by atoms with van der Waals surface area (Å²) in [5.74, 6) is 0.292. The monoisotopic (exact) mass is 806 g/mol. The summed E-state index contributed by atoms with van der Waals surface area (Å²) < 4.78 is 46.4. The summed E-state index contributed by atoms with van der Waals surface area (Å²) in [6, 6.07) is 17.7. The van der Waals surface area contributed by atoms with Crippen LogP contribution in [0.3, 0.4) is 0 Å². The molecule has 302 valence electrons. The fraction of sp³-hybridized carbons (Fsp3) is 0.476. The number of benzene rings is 3. The number of nitrogens with one attached hydrogen (secondary N) is 1. The number of thioether (sulfide) groups is 1. The van der Waals surface area contributed by atoms with Crippen LogP contribution in [0.1, 0.15) is 92.1 Å². The van der Waals surface area contributed by atoms with Crippen molar-refractivity contribution in [3.8, 4) is 11.5 Å². The van der Waals surface area contributed by atoms with Gasteiger partial charge in [0.2, 0.25) is 0 Å². The molecule has 56 heavy (non-hydrogen) atoms. The molecule has 2 aliphatic rings. The van der Waals surface area contributed by atoms with E-state index in [1.54, 1.807) is 19.2 Å². The number of aliphatic imine (C=N–C) groups is 1. The van der Waals surface area contributed by atoms with Gasteiger partial charge in [-0.2, -0.15) is 0 Å². The largest absolute Gasteiger partial charge is 0.497 e. The van der Waals surface area contributed by atoms with E-state index in [0.717, 1.165) is 58.4 Å². The smallest absolute Gasteiger partial charge is 0.418 e. The van der Waals surface area contributed by atoms with Crippen LogP contribution in [0.2, 0.25) is 0 Å². The zero-order chi connectivity index (χ0) is 40.7. The van der Waals surface area contributed by atoms with Gasteiger partial charge in [-0.1, -0.05) is 78.0 Å². The molecule has 1 unspecified atom stereocenters. The number of sulfonamides is 1. The molecule has 1 N–H and O–H groups in total. The maximum absolute atomic E-state index is 14.9. The highest BCUT2D eigenvalue weighted by Gasteiger charge is 2.55. The van der Waals surface area contributed by atoms with Gasteiger partial charge in [0, 0.05) is 17.2 Å². The number of ether oxygens (including phenoxy) is 3. The van der Waals surface area contributed by atoms with Gasteiger partial charge in [-0.15, -0.1) is 11.8 Å². The number of cyclic esters (lactones) is 1. The summed E-state index contributed by atoms with van der Waals surface area (Å²) in [6.07, 6.45) is 4.95. The highest BCUT2D eigenvalue weighted by Crippen LogP contribution is 2.38. The first-order chi connectivity index (χ1) is 26.6. The Bertz CT molecular complexity index is 2030. The average molecular weight is 807 g/mol. The number of anilines is 1. The third kappa shape index (κ3) is 9.87. The lowest BCUT2D eigenvalue weighted by Gasteiger charge is -2.35. The molecule has 3 aromatic carbocycles. The molecule has 12 nitrogen and oxygen atoms in total. The van der Waals surface area contributed by atoms with E-state index in [4.69, 9.17) is 19.2 Å². The second-order valence-electron chi connectivity index (χ2n) is 15.4. The molecule has 1 atom stereocenters. The number of hydrogen-bond donors (Lipinski definition) is 1. The molecule has 3 aromatic rings. The van der Waals surface area contributed by atoms with E-state index in [0.29, 0.717) is 35.8 Å². The standard InChI is InChI=1S/C42H54N4O8S2/c1-8-9-10-11-12-15-25-45-37(43-32-17-13-14-18-35(32)56(45,50)51)36(46-39(48)42(5,6)54-40(46)49)38(47)44-33-28-29(41(2,3)4)19-24-34(33)55-27-16-26-53-31-22-20-30(52-7)21-23-31/h13-14,17-24,28,36H,8-12,15-16,25-27H2,1-7H3,(H,44,47). The number of fused-ring (bicyclic) bond motifs is 1. The molecule has 3 amide bonds. The van der Waals surface area contributed by atoms with Crippen molar-refractivity contribution >= 4 is 56.9 Å². The number of hydrogen-bond acceptors (Lipinski definition) is 10. The highest BCUT2D eigenvalue weighted by molar-refractivity contribution is 7.99. The third-order valence-electron chi connectivity index (χ3n) is 9.64. The molecule has 1 fully saturated rings. The third-order valence-corrected chi connectivity index (χ3v) is 12.7. The zero-order valence-corrected chi connectivity index (χ0v) is 35.1. The number of imide groups is 1. The number of para-hydroxylation sites is 1. The van der Waals surface area contributed by atoms with E-state index in [1.165, 1.54) is 37.7 Å². The first-order valence-corrected chi connectivity index (χ1v) is 21.6. The van der Waals surface area contributed by atoms with Gasteiger partial charge >= 0.3 is 6.09 Å². The van der Waals surface area contributed by atoms with Crippen LogP contribution < -0.4 is 14.8 Å². The fourth-order valence-electron chi connectivity index (χ4n) is 6.44. The summed E-state index contributed by atoms with van der Waals surface area (Å²) >= 11 is 1.52. The molecule has 2 aliphatic heterocycles. The molecular weight excluding hydrogens is 753 g/mol. The van der Waals surface area contributed by atoms with Crippen molar-refractivity contribution in [2.45, 2.75) is 113 Å². The lowest BCUT2D eigenvalue weighted by atomic mass is 9.87. The number of nitrogens with zero attached hydrogens (tertiary/aromatic N) is 3. The second-order valence-corrected chi connectivity index (χ2v) is 18.4. The molecule has 1 saturated heterocycles. The van der Waals surface area contributed by atoms with Crippen molar-refractivity contribution in [3.63, 3.8) is 0 Å². The van der Waals surface area contributed by atoms with Crippen molar-refractivity contribution in [1.29, 1.82) is 0 Å². The van der Waals surface area contributed by atoms with E-state index >= 15 is 0 Å². The summed E-state index contributed by atoms with van der Waals surface area (Å²) in [5.41, 5.74) is -0.374. The van der Waals surface area contributed by atoms with Crippen LogP contribution in [0, 0.1) is 0 Å². The van der Waals surface area contributed by atoms with Gasteiger partial charge in [0.25, 0.3) is 21.8 Å². The number of carbonyl (C=O) groups is 3. The maximum Gasteiger partial charge on any atom is 0.418 e. The Labute approximate surface area is 335 Å². The Morgan fingerprint density at radius 2 is 1.62 bits per heavy atom. The number of methoxy groups -OCH3 is 1. The van der Waals surface area contributed by atoms with Gasteiger partial charge in [0.15, 0.2) is 17.5 Å². The molecule has 0 aromatic heterocycles. The number of amidine groups is 1. The van der Waals surface area contributed by atoms with Gasteiger partial charge in [-0.3, -0.25) is 13.9 Å². The Morgan fingerprint density at radius 3 is 2.29 bits per heavy atom. The first-order valence-electron chi connectivity index (χ1n) is 19.2. The summed E-state index contributed by atoms with van der Waals surface area (Å²) in [7, 11) is -2.63. The number of unbranched alkanes of at least 4 members (excludes halogenated alkanes) is 5. The SMILES string of the molecule is CCCCCCCCN1C(C(C(=O)Nc2cc(C(C)(C)C)ccc2SCCCOc2ccc(OC)cc2)N2C(=O)OC(C)(C)C2=O)=Nc2ccccc2S1(=O)=O. The van der Waals surface area contributed by atoms with E-state index in [-0.39, 0.29) is 28.4 Å². The normalized spacial score (nSPS) is 16.5. The molecule has 0 spiro atoms. The van der Waals surface area contributed by atoms with Crippen molar-refractivity contribution in [2.75, 3.05) is 31.3 Å². The zero-order valence-electron chi connectivity index (χ0n) is 33.4. The van der Waals surface area contributed by atoms with E-state index in [2.05, 4.69) is 33.0 Å². The van der Waals surface area contributed by atoms with Crippen molar-refractivity contribution < 1.29 is 37.0 Å². The average Bonchev–Trinajstić information content (AvgIpc) is 3.35. The Kier molecular flexibility index (Phi) is 13.8. The van der Waals surface area contributed by atoms with Gasteiger partial charge < -0.3 is 19.5 Å². The Balaban J connectivity index is 1.49. The second kappa shape index (κ2) is 18.1. The van der Waals surface area contributed by atoms with Crippen molar-refractivity contribution in [2.24, 2.45) is 4.99 Å². The lowest BCUT2D eigenvalue weighted by molar-refractivity contribution is -0.137. The number of carbonyl (C=O) groups excluding carboxylic acids is 3. The molecule has 0 radical (unpaired) electrons. The van der Waals surface area contributed by atoms with Crippen LogP contribution in [-0.2, 0) is 29.8 Å². The van der Waals surface area contributed by atoms with E-state index in [1.807, 2.05) is 42.5 Å². The van der Waals surface area contributed by atoms with Gasteiger partial charge in [0.1, 0.15) is 16.4 Å². The Morgan fingerprint density at radius 1 is 0.946 bits per heavy atom. The van der Waals surface area contributed by atoms with Crippen LogP contribution in [0.15, 0.2) is 81.5 Å². The van der Waals surface area contributed by atoms with Gasteiger partial charge in [0.05, 0.1) is 25.1 Å². The minimum atomic E-state index is -4.24. The first kappa shape index (κ1) is 42.6. The molecule has 0 saturated carbocycles. The predicted molar refractivity (Wildman–Crippen MR) is 220 cm³/mol. The van der Waals surface area contributed by atoms with Crippen LogP contribution >= 0.6 is 11.8 Å². The molecule has 2 heterocycles. The van der Waals surface area contributed by atoms with Crippen molar-refractivity contribution in [1.82, 2.24) is 9.21 Å². The summed E-state index contributed by atoms with van der Waals surface area (Å²) in [4.78, 5) is 48.5. The Hall–Kier alpha value is -4.56. The van der Waals surface area contributed by atoms with Crippen LogP contribution in [0.4, 0.5) is 16.2 Å².